The van der Waals surface area contributed by atoms with Crippen molar-refractivity contribution in [3.8, 4) is 0 Å². The number of nitrogens with zero attached hydrogens (tertiary/aromatic N) is 1. The second-order valence-electron chi connectivity index (χ2n) is 18.0. The van der Waals surface area contributed by atoms with E-state index < -0.39 is 83.8 Å². The third-order valence-electron chi connectivity index (χ3n) is 13.3. The maximum absolute atomic E-state index is 16.6. The van der Waals surface area contributed by atoms with E-state index in [1.165, 1.54) is 4.90 Å². The number of hydrogen-bond acceptors (Lipinski definition) is 7. The van der Waals surface area contributed by atoms with Crippen molar-refractivity contribution in [2.45, 2.75) is 120 Å². The molecular weight excluding hydrogens is 769 g/mol. The van der Waals surface area contributed by atoms with Gasteiger partial charge in [-0.15, -0.1) is 0 Å². The number of carbonyl (C=O) groups excluding carboxylic acids is 3. The van der Waals surface area contributed by atoms with Crippen LogP contribution in [0.2, 0.25) is 4.82 Å². The predicted octanol–water partition coefficient (Wildman–Crippen LogP) is 7.34. The van der Waals surface area contributed by atoms with Crippen molar-refractivity contribution in [1.29, 1.82) is 0 Å². The van der Waals surface area contributed by atoms with E-state index in [2.05, 4.69) is 52.0 Å². The van der Waals surface area contributed by atoms with Crippen LogP contribution in [0.3, 0.4) is 0 Å². The second-order valence-corrected chi connectivity index (χ2v) is 20.7. The van der Waals surface area contributed by atoms with Crippen LogP contribution in [-0.4, -0.2) is 78.5 Å². The first-order chi connectivity index (χ1) is 26.5. The van der Waals surface area contributed by atoms with Crippen LogP contribution in [-0.2, 0) is 35.0 Å². The van der Waals surface area contributed by atoms with Crippen molar-refractivity contribution in [2.24, 2.45) is 29.1 Å². The number of rotatable bonds is 5. The van der Waals surface area contributed by atoms with Crippen LogP contribution in [0.5, 0.6) is 0 Å². The Kier molecular flexibility index (Phi) is 9.95. The molecular formula is C47H55NO7Se. The molecule has 4 fully saturated rings. The number of ketones is 1. The number of allylic oxidation sites excluding steroid dienone is 1. The van der Waals surface area contributed by atoms with Crippen LogP contribution >= 0.6 is 0 Å². The van der Waals surface area contributed by atoms with Crippen LogP contribution in [0, 0.1) is 29.1 Å². The summed E-state index contributed by atoms with van der Waals surface area (Å²) in [5, 5.41) is 0. The molecule has 3 aromatic rings. The van der Waals surface area contributed by atoms with Gasteiger partial charge >= 0.3 is 339 Å². The molecule has 3 heterocycles. The van der Waals surface area contributed by atoms with E-state index in [4.69, 9.17) is 18.9 Å². The van der Waals surface area contributed by atoms with Gasteiger partial charge < -0.3 is 0 Å². The zero-order chi connectivity index (χ0) is 39.8. The summed E-state index contributed by atoms with van der Waals surface area (Å²) >= 11 is -0.408. The van der Waals surface area contributed by atoms with Crippen molar-refractivity contribution in [1.82, 2.24) is 4.90 Å². The van der Waals surface area contributed by atoms with Gasteiger partial charge in [0.25, 0.3) is 0 Å². The Labute approximate surface area is 337 Å². The minimum absolute atomic E-state index is 0.0372. The van der Waals surface area contributed by atoms with Gasteiger partial charge in [-0.1, -0.05) is 0 Å². The van der Waals surface area contributed by atoms with Gasteiger partial charge in [0.05, 0.1) is 0 Å². The number of Topliss-reactive ketones (excluding diaryl/α,β-unsaturated/α-hetero) is 1. The van der Waals surface area contributed by atoms with Crippen LogP contribution in [0.15, 0.2) is 103 Å². The predicted molar refractivity (Wildman–Crippen MR) is 215 cm³/mol. The summed E-state index contributed by atoms with van der Waals surface area (Å²) in [7, 11) is 0. The van der Waals surface area contributed by atoms with Crippen molar-refractivity contribution >= 4 is 37.0 Å². The standard InChI is InChI=1S/C47H55NO7Se/c1-29-19-18-26-34-40-46(8,55-44(5,6)53-40)30(2)37-35(27-31-20-12-9-13-21-31)48(41(50)32-22-14-10-15-23-32)42(51)47(34,37)38(49)36(56-33-24-16-11-17-25-33)28-45(7)39(29)52-43(3,4)54-45/h9-18,20-26,29-30,34-37,39-40H,19,27-28H2,1-8H3/b26-18+/t29-,30-,34-,35-,36+,37-,39+,40-,45+,46+,47-/m0/s1. The normalized spacial score (nSPS) is 39.2. The average Bonchev–Trinajstić information content (AvgIpc) is 3.68. The molecule has 0 aromatic heterocycles. The van der Waals surface area contributed by atoms with Gasteiger partial charge in [0.1, 0.15) is 0 Å². The molecule has 0 N–H and O–H groups in total. The van der Waals surface area contributed by atoms with E-state index in [1.54, 1.807) is 12.1 Å². The molecule has 3 aliphatic heterocycles. The molecule has 3 saturated heterocycles. The van der Waals surface area contributed by atoms with E-state index in [-0.39, 0.29) is 23.7 Å². The summed E-state index contributed by atoms with van der Waals surface area (Å²) in [6.07, 6.45) is 4.65. The zero-order valence-corrected chi connectivity index (χ0v) is 35.5. The first kappa shape index (κ1) is 39.4. The van der Waals surface area contributed by atoms with Gasteiger partial charge in [-0.3, -0.25) is 0 Å². The van der Waals surface area contributed by atoms with Crippen LogP contribution in [0.4, 0.5) is 0 Å². The Morgan fingerprint density at radius 2 is 1.38 bits per heavy atom. The molecule has 296 valence electrons. The molecule has 8 nitrogen and oxygen atoms in total. The Bertz CT molecular complexity index is 2000. The number of benzene rings is 3. The number of likely N-dealkylation sites (tertiary alicyclic amines) is 1. The Morgan fingerprint density at radius 1 is 0.786 bits per heavy atom. The molecule has 3 aromatic carbocycles. The molecule has 5 aliphatic rings. The molecule has 9 heteroatoms. The van der Waals surface area contributed by atoms with Crippen molar-refractivity contribution < 1.29 is 33.3 Å². The molecule has 2 aliphatic carbocycles. The monoisotopic (exact) mass is 825 g/mol. The fourth-order valence-electron chi connectivity index (χ4n) is 11.2. The fraction of sp³-hybridized carbons (Fsp3) is 0.511. The number of fused-ring (bicyclic) bond motifs is 3. The number of hydrogen-bond donors (Lipinski definition) is 0. The van der Waals surface area contributed by atoms with Crippen LogP contribution in [0.1, 0.15) is 84.2 Å². The van der Waals surface area contributed by atoms with E-state index >= 15 is 14.4 Å². The van der Waals surface area contributed by atoms with Crippen molar-refractivity contribution in [2.75, 3.05) is 0 Å². The summed E-state index contributed by atoms with van der Waals surface area (Å²) in [5.74, 6) is -4.44. The molecule has 0 bridgehead atoms. The van der Waals surface area contributed by atoms with Gasteiger partial charge in [-0.05, 0) is 0 Å². The zero-order valence-electron chi connectivity index (χ0n) is 33.8. The summed E-state index contributed by atoms with van der Waals surface area (Å²) in [4.78, 5) is 48.8. The first-order valence-corrected chi connectivity index (χ1v) is 22.0. The number of ether oxygens (including phenoxy) is 4. The van der Waals surface area contributed by atoms with Crippen molar-refractivity contribution in [3.63, 3.8) is 0 Å². The topological polar surface area (TPSA) is 91.4 Å². The van der Waals surface area contributed by atoms with Gasteiger partial charge in [-0.2, -0.15) is 0 Å². The molecule has 2 amide bonds. The summed E-state index contributed by atoms with van der Waals surface area (Å²) in [6.45, 7) is 16.2. The number of amides is 2. The Balaban J connectivity index is 1.40. The third-order valence-corrected chi connectivity index (χ3v) is 15.8. The fourth-order valence-corrected chi connectivity index (χ4v) is 14.0. The molecule has 11 atom stereocenters. The van der Waals surface area contributed by atoms with E-state index in [9.17, 15) is 0 Å². The summed E-state index contributed by atoms with van der Waals surface area (Å²) in [5.41, 5.74) is -1.96. The molecule has 1 spiro atoms. The molecule has 0 radical (unpaired) electrons. The third kappa shape index (κ3) is 6.38. The molecule has 8 rings (SSSR count). The van der Waals surface area contributed by atoms with Crippen molar-refractivity contribution in [3.05, 3.63) is 114 Å². The first-order valence-electron chi connectivity index (χ1n) is 20.2. The van der Waals surface area contributed by atoms with Gasteiger partial charge in [0.2, 0.25) is 0 Å². The number of imide groups is 1. The van der Waals surface area contributed by atoms with Gasteiger partial charge in [-0.25, -0.2) is 0 Å². The van der Waals surface area contributed by atoms with E-state index in [0.29, 0.717) is 24.8 Å². The second kappa shape index (κ2) is 14.1. The van der Waals surface area contributed by atoms with Crippen LogP contribution in [0.25, 0.3) is 0 Å². The minimum atomic E-state index is -1.65. The number of carbonyl (C=O) groups is 3. The maximum atomic E-state index is 16.6. The van der Waals surface area contributed by atoms with Gasteiger partial charge in [0.15, 0.2) is 0 Å². The average molecular weight is 825 g/mol. The van der Waals surface area contributed by atoms with Gasteiger partial charge in [0, 0.05) is 0 Å². The van der Waals surface area contributed by atoms with E-state index in [0.717, 1.165) is 10.0 Å². The Morgan fingerprint density at radius 3 is 2.04 bits per heavy atom. The quantitative estimate of drug-likeness (QED) is 0.115. The summed E-state index contributed by atoms with van der Waals surface area (Å²) in [6, 6.07) is 28.5. The van der Waals surface area contributed by atoms with E-state index in [1.807, 2.05) is 94.4 Å². The Hall–Kier alpha value is -3.43. The molecule has 1 saturated carbocycles. The SMILES string of the molecule is C[C@H]1C/C=C/[C@H]2[C@@H]3OC(C)(C)O[C@]3(C)[C@@H](C)[C@H]3[C@H](Cc4ccccc4)N(C(=O)c4ccccc4)C(=O)[C@]32C(=O)[C@H]([Se]c2ccccc2)C[C@@]2(C)OC(C)(C)O[C@H]12. The molecule has 56 heavy (non-hydrogen) atoms. The summed E-state index contributed by atoms with van der Waals surface area (Å²) < 4.78 is 28.4. The van der Waals surface area contributed by atoms with Crippen LogP contribution < -0.4 is 4.46 Å². The molecule has 0 unspecified atom stereocenters.